The molecule has 9 heteroatoms. The summed E-state index contributed by atoms with van der Waals surface area (Å²) in [5.41, 5.74) is 0.949. The first-order chi connectivity index (χ1) is 11.7. The van der Waals surface area contributed by atoms with E-state index in [1.807, 2.05) is 12.1 Å². The smallest absolute Gasteiger partial charge is 0.299 e. The van der Waals surface area contributed by atoms with E-state index in [1.165, 1.54) is 24.2 Å². The minimum Gasteiger partial charge on any atom is -0.299 e. The highest BCUT2D eigenvalue weighted by Crippen LogP contribution is 2.41. The Balaban J connectivity index is 1.60. The molecule has 1 saturated carbocycles. The van der Waals surface area contributed by atoms with Crippen LogP contribution in [0.3, 0.4) is 0 Å². The van der Waals surface area contributed by atoms with Crippen LogP contribution in [0.25, 0.3) is 11.4 Å². The van der Waals surface area contributed by atoms with Gasteiger partial charge in [-0.3, -0.25) is 14.1 Å². The van der Waals surface area contributed by atoms with Gasteiger partial charge in [0.15, 0.2) is 11.0 Å². The minimum atomic E-state index is -2.59. The topological polar surface area (TPSA) is 61.4 Å². The molecular weight excluding hydrogens is 334 g/mol. The first kappa shape index (κ1) is 15.3. The quantitative estimate of drug-likeness (QED) is 0.638. The molecule has 0 spiro atoms. The second kappa shape index (κ2) is 6.31. The number of halogens is 2. The van der Waals surface area contributed by atoms with Crippen molar-refractivity contribution in [2.24, 2.45) is 0 Å². The molecule has 0 saturated heterocycles. The zero-order valence-electron chi connectivity index (χ0n) is 12.6. The Hall–Kier alpha value is -2.29. The van der Waals surface area contributed by atoms with E-state index < -0.39 is 6.55 Å². The summed E-state index contributed by atoms with van der Waals surface area (Å²) in [6, 6.07) is 4.15. The van der Waals surface area contributed by atoms with Crippen molar-refractivity contribution in [2.75, 3.05) is 0 Å². The zero-order chi connectivity index (χ0) is 16.5. The summed E-state index contributed by atoms with van der Waals surface area (Å²) < 4.78 is 28.8. The van der Waals surface area contributed by atoms with E-state index in [0.717, 1.165) is 34.0 Å². The fourth-order valence-corrected chi connectivity index (χ4v) is 3.45. The van der Waals surface area contributed by atoms with Gasteiger partial charge in [0.25, 0.3) is 0 Å². The van der Waals surface area contributed by atoms with Gasteiger partial charge in [-0.1, -0.05) is 11.8 Å². The molecule has 124 valence electrons. The standard InChI is InChI=1S/C15H14F2N6S/c16-14(17)22-8-7-19-12(22)9-24-15-21-20-13(23(15)11-1-2-11)10-3-5-18-6-4-10/h3-8,11,14H,1-2,9H2. The van der Waals surface area contributed by atoms with Crippen LogP contribution in [0.4, 0.5) is 8.78 Å². The molecule has 0 aromatic carbocycles. The van der Waals surface area contributed by atoms with E-state index in [9.17, 15) is 8.78 Å². The zero-order valence-corrected chi connectivity index (χ0v) is 13.4. The highest BCUT2D eigenvalue weighted by Gasteiger charge is 2.30. The van der Waals surface area contributed by atoms with Gasteiger partial charge in [0.1, 0.15) is 5.82 Å². The number of nitrogens with zero attached hydrogens (tertiary/aromatic N) is 6. The molecule has 6 nitrogen and oxygen atoms in total. The number of aromatic nitrogens is 6. The summed E-state index contributed by atoms with van der Waals surface area (Å²) in [5, 5.41) is 9.28. The predicted molar refractivity (Wildman–Crippen MR) is 84.6 cm³/mol. The predicted octanol–water partition coefficient (Wildman–Crippen LogP) is 3.56. The molecule has 0 N–H and O–H groups in total. The van der Waals surface area contributed by atoms with Gasteiger partial charge in [-0.2, -0.15) is 8.78 Å². The number of thioether (sulfide) groups is 1. The molecule has 3 aromatic heterocycles. The number of hydrogen-bond acceptors (Lipinski definition) is 5. The van der Waals surface area contributed by atoms with Crippen molar-refractivity contribution < 1.29 is 8.78 Å². The number of pyridine rings is 1. The van der Waals surface area contributed by atoms with Crippen LogP contribution in [0.5, 0.6) is 0 Å². The normalized spacial score (nSPS) is 14.5. The van der Waals surface area contributed by atoms with Crippen molar-refractivity contribution in [3.63, 3.8) is 0 Å². The number of rotatable bonds is 6. The maximum atomic E-state index is 12.9. The molecule has 0 radical (unpaired) electrons. The van der Waals surface area contributed by atoms with Crippen LogP contribution >= 0.6 is 11.8 Å². The van der Waals surface area contributed by atoms with E-state index in [1.54, 1.807) is 12.4 Å². The first-order valence-electron chi connectivity index (χ1n) is 7.52. The molecular formula is C15H14F2N6S. The molecule has 0 atom stereocenters. The Morgan fingerprint density at radius 1 is 1.17 bits per heavy atom. The molecule has 24 heavy (non-hydrogen) atoms. The van der Waals surface area contributed by atoms with Crippen LogP contribution in [-0.2, 0) is 5.75 Å². The lowest BCUT2D eigenvalue weighted by molar-refractivity contribution is 0.0678. The highest BCUT2D eigenvalue weighted by molar-refractivity contribution is 7.98. The van der Waals surface area contributed by atoms with E-state index in [2.05, 4.69) is 24.7 Å². The summed E-state index contributed by atoms with van der Waals surface area (Å²) in [5.74, 6) is 1.43. The highest BCUT2D eigenvalue weighted by atomic mass is 32.2. The van der Waals surface area contributed by atoms with Gasteiger partial charge >= 0.3 is 6.55 Å². The summed E-state index contributed by atoms with van der Waals surface area (Å²) in [4.78, 5) is 8.02. The largest absolute Gasteiger partial charge is 0.319 e. The molecule has 0 bridgehead atoms. The molecule has 1 fully saturated rings. The number of hydrogen-bond donors (Lipinski definition) is 0. The van der Waals surface area contributed by atoms with Crippen LogP contribution in [0.1, 0.15) is 31.3 Å². The molecule has 0 amide bonds. The van der Waals surface area contributed by atoms with Crippen molar-refractivity contribution in [3.05, 3.63) is 42.7 Å². The van der Waals surface area contributed by atoms with Crippen LogP contribution in [0, 0.1) is 0 Å². The van der Waals surface area contributed by atoms with Crippen molar-refractivity contribution in [1.82, 2.24) is 29.3 Å². The Kier molecular flexibility index (Phi) is 4.01. The molecule has 3 aromatic rings. The van der Waals surface area contributed by atoms with Crippen molar-refractivity contribution in [1.29, 1.82) is 0 Å². The van der Waals surface area contributed by atoms with Gasteiger partial charge in [-0.15, -0.1) is 10.2 Å². The van der Waals surface area contributed by atoms with Gasteiger partial charge in [0.2, 0.25) is 0 Å². The molecule has 4 rings (SSSR count). The van der Waals surface area contributed by atoms with Crippen LogP contribution in [-0.4, -0.2) is 29.3 Å². The molecule has 1 aliphatic rings. The van der Waals surface area contributed by atoms with Crippen LogP contribution in [0.2, 0.25) is 0 Å². The van der Waals surface area contributed by atoms with Gasteiger partial charge < -0.3 is 0 Å². The van der Waals surface area contributed by atoms with E-state index in [0.29, 0.717) is 17.6 Å². The van der Waals surface area contributed by atoms with Crippen molar-refractivity contribution >= 4 is 11.8 Å². The number of imidazole rings is 1. The second-order valence-corrected chi connectivity index (χ2v) is 6.40. The van der Waals surface area contributed by atoms with E-state index >= 15 is 0 Å². The van der Waals surface area contributed by atoms with Crippen molar-refractivity contribution in [2.45, 2.75) is 36.3 Å². The van der Waals surface area contributed by atoms with E-state index in [-0.39, 0.29) is 0 Å². The third-order valence-electron chi connectivity index (χ3n) is 3.80. The average Bonchev–Trinajstić information content (AvgIpc) is 3.17. The lowest BCUT2D eigenvalue weighted by Crippen LogP contribution is -2.04. The Bertz CT molecular complexity index is 828. The van der Waals surface area contributed by atoms with Crippen LogP contribution in [0.15, 0.2) is 42.1 Å². The van der Waals surface area contributed by atoms with Crippen LogP contribution < -0.4 is 0 Å². The van der Waals surface area contributed by atoms with Gasteiger partial charge in [-0.25, -0.2) is 4.98 Å². The maximum absolute atomic E-state index is 12.9. The third-order valence-corrected chi connectivity index (χ3v) is 4.74. The maximum Gasteiger partial charge on any atom is 0.319 e. The van der Waals surface area contributed by atoms with Gasteiger partial charge in [0, 0.05) is 36.4 Å². The molecule has 0 aliphatic heterocycles. The van der Waals surface area contributed by atoms with Gasteiger partial charge in [-0.05, 0) is 25.0 Å². The summed E-state index contributed by atoms with van der Waals surface area (Å²) in [7, 11) is 0. The minimum absolute atomic E-state index is 0.318. The fraction of sp³-hybridized carbons (Fsp3) is 0.333. The third kappa shape index (κ3) is 2.91. The van der Waals surface area contributed by atoms with E-state index in [4.69, 9.17) is 0 Å². The number of alkyl halides is 2. The second-order valence-electron chi connectivity index (χ2n) is 5.46. The summed E-state index contributed by atoms with van der Waals surface area (Å²) in [6.45, 7) is -2.59. The Morgan fingerprint density at radius 3 is 2.67 bits per heavy atom. The molecule has 1 aliphatic carbocycles. The monoisotopic (exact) mass is 348 g/mol. The Labute approximate surface area is 141 Å². The SMILES string of the molecule is FC(F)n1ccnc1CSc1nnc(-c2ccncc2)n1C1CC1. The average molecular weight is 348 g/mol. The summed E-state index contributed by atoms with van der Waals surface area (Å²) in [6.07, 6.45) is 8.26. The molecule has 3 heterocycles. The lowest BCUT2D eigenvalue weighted by atomic mass is 10.2. The summed E-state index contributed by atoms with van der Waals surface area (Å²) >= 11 is 1.38. The lowest BCUT2D eigenvalue weighted by Gasteiger charge is -2.09. The Morgan fingerprint density at radius 2 is 1.96 bits per heavy atom. The van der Waals surface area contributed by atoms with Gasteiger partial charge in [0.05, 0.1) is 5.75 Å². The van der Waals surface area contributed by atoms with Crippen molar-refractivity contribution in [3.8, 4) is 11.4 Å². The fourth-order valence-electron chi connectivity index (χ4n) is 2.50. The molecule has 0 unspecified atom stereocenters. The first-order valence-corrected chi connectivity index (χ1v) is 8.50.